The van der Waals surface area contributed by atoms with Crippen LogP contribution in [0.4, 0.5) is 5.69 Å². The number of rotatable bonds is 6. The average Bonchev–Trinajstić information content (AvgIpc) is 2.68. The van der Waals surface area contributed by atoms with Crippen LogP contribution >= 0.6 is 11.8 Å². The Bertz CT molecular complexity index is 866. The van der Waals surface area contributed by atoms with E-state index in [1.807, 2.05) is 74.5 Å². The first-order chi connectivity index (χ1) is 12.7. The Morgan fingerprint density at radius 3 is 2.50 bits per heavy atom. The maximum absolute atomic E-state index is 12.6. The number of carbonyl (C=O) groups excluding carboxylic acids is 1. The Morgan fingerprint density at radius 2 is 1.81 bits per heavy atom. The number of nitrogens with zero attached hydrogens (tertiary/aromatic N) is 2. The minimum atomic E-state index is -0.213. The van der Waals surface area contributed by atoms with E-state index in [4.69, 9.17) is 0 Å². The molecule has 1 heterocycles. The number of aromatic nitrogens is 2. The van der Waals surface area contributed by atoms with E-state index in [0.717, 1.165) is 22.0 Å². The Hall–Kier alpha value is -2.66. The topological polar surface area (TPSA) is 54.9 Å². The molecule has 0 bridgehead atoms. The molecule has 1 atom stereocenters. The highest BCUT2D eigenvalue weighted by atomic mass is 32.2. The first kappa shape index (κ1) is 18.1. The van der Waals surface area contributed by atoms with E-state index >= 15 is 0 Å². The molecule has 5 heteroatoms. The van der Waals surface area contributed by atoms with Gasteiger partial charge in [-0.3, -0.25) is 4.79 Å². The summed E-state index contributed by atoms with van der Waals surface area (Å²) in [6, 6.07) is 19.7. The van der Waals surface area contributed by atoms with Gasteiger partial charge >= 0.3 is 0 Å². The number of amides is 1. The number of thioether (sulfide) groups is 1. The maximum atomic E-state index is 12.6. The zero-order valence-corrected chi connectivity index (χ0v) is 15.7. The highest BCUT2D eigenvalue weighted by Crippen LogP contribution is 2.27. The number of carbonyl (C=O) groups is 1. The van der Waals surface area contributed by atoms with Gasteiger partial charge in [-0.25, -0.2) is 9.97 Å². The molecule has 1 N–H and O–H groups in total. The van der Waals surface area contributed by atoms with E-state index in [2.05, 4.69) is 15.3 Å². The van der Waals surface area contributed by atoms with Crippen molar-refractivity contribution in [2.75, 3.05) is 5.32 Å². The lowest BCUT2D eigenvalue weighted by Crippen LogP contribution is -2.24. The molecule has 0 aliphatic rings. The highest BCUT2D eigenvalue weighted by Gasteiger charge is 2.19. The summed E-state index contributed by atoms with van der Waals surface area (Å²) in [5.74, 6) is -0.0128. The van der Waals surface area contributed by atoms with E-state index < -0.39 is 0 Å². The molecule has 0 radical (unpaired) electrons. The van der Waals surface area contributed by atoms with Gasteiger partial charge in [0.25, 0.3) is 0 Å². The molecule has 0 spiro atoms. The fourth-order valence-electron chi connectivity index (χ4n) is 2.50. The molecular formula is C21H21N3OS. The van der Waals surface area contributed by atoms with E-state index in [1.165, 1.54) is 17.3 Å². The third-order valence-corrected chi connectivity index (χ3v) is 5.25. The summed E-state index contributed by atoms with van der Waals surface area (Å²) in [5, 5.41) is 3.57. The number of nitrogens with one attached hydrogen (secondary N) is 1. The standard InChI is InChI=1S/C21H21N3OS/c1-3-19(21(25)24-17-11-9-15(2)10-12-17)26-20-13-18(22-14-23-20)16-7-5-4-6-8-16/h4-14,19H,3H2,1-2H3,(H,24,25). The summed E-state index contributed by atoms with van der Waals surface area (Å²) < 4.78 is 0. The van der Waals surface area contributed by atoms with Crippen molar-refractivity contribution in [1.29, 1.82) is 0 Å². The molecule has 1 unspecified atom stereocenters. The van der Waals surface area contributed by atoms with Crippen molar-refractivity contribution in [2.45, 2.75) is 30.5 Å². The Labute approximate surface area is 158 Å². The quantitative estimate of drug-likeness (QED) is 0.497. The lowest BCUT2D eigenvalue weighted by Gasteiger charge is -2.14. The zero-order valence-electron chi connectivity index (χ0n) is 14.8. The van der Waals surface area contributed by atoms with Crippen LogP contribution < -0.4 is 5.32 Å². The van der Waals surface area contributed by atoms with Crippen molar-refractivity contribution >= 4 is 23.4 Å². The SMILES string of the molecule is CCC(Sc1cc(-c2ccccc2)ncn1)C(=O)Nc1ccc(C)cc1. The molecule has 132 valence electrons. The van der Waals surface area contributed by atoms with Gasteiger partial charge in [-0.15, -0.1) is 0 Å². The van der Waals surface area contributed by atoms with Crippen LogP contribution in [0.1, 0.15) is 18.9 Å². The maximum Gasteiger partial charge on any atom is 0.237 e. The molecule has 1 amide bonds. The van der Waals surface area contributed by atoms with Crippen molar-refractivity contribution in [3.05, 3.63) is 72.6 Å². The molecule has 0 saturated heterocycles. The van der Waals surface area contributed by atoms with E-state index in [0.29, 0.717) is 6.42 Å². The Kier molecular flexibility index (Phi) is 6.02. The second kappa shape index (κ2) is 8.63. The van der Waals surface area contributed by atoms with Gasteiger partial charge in [0.2, 0.25) is 5.91 Å². The van der Waals surface area contributed by atoms with Gasteiger partial charge in [0.05, 0.1) is 10.9 Å². The van der Waals surface area contributed by atoms with Crippen molar-refractivity contribution in [3.63, 3.8) is 0 Å². The summed E-state index contributed by atoms with van der Waals surface area (Å²) in [5.41, 5.74) is 3.87. The molecule has 1 aromatic heterocycles. The van der Waals surface area contributed by atoms with Gasteiger partial charge in [-0.1, -0.05) is 66.7 Å². The van der Waals surface area contributed by atoms with Gasteiger partial charge in [0, 0.05) is 11.3 Å². The molecule has 2 aromatic carbocycles. The molecule has 0 aliphatic heterocycles. The van der Waals surface area contributed by atoms with Gasteiger partial charge in [0.1, 0.15) is 11.4 Å². The monoisotopic (exact) mass is 363 g/mol. The van der Waals surface area contributed by atoms with Crippen LogP contribution in [0.2, 0.25) is 0 Å². The average molecular weight is 363 g/mol. The van der Waals surface area contributed by atoms with Crippen LogP contribution in [-0.4, -0.2) is 21.1 Å². The summed E-state index contributed by atoms with van der Waals surface area (Å²) >= 11 is 1.46. The predicted octanol–water partition coefficient (Wildman–Crippen LogP) is 4.96. The van der Waals surface area contributed by atoms with Crippen LogP contribution in [0.5, 0.6) is 0 Å². The second-order valence-electron chi connectivity index (χ2n) is 5.98. The molecule has 0 saturated carbocycles. The van der Waals surface area contributed by atoms with Crippen LogP contribution in [0.15, 0.2) is 72.0 Å². The van der Waals surface area contributed by atoms with Crippen molar-refractivity contribution in [2.24, 2.45) is 0 Å². The second-order valence-corrected chi connectivity index (χ2v) is 7.20. The molecule has 0 fully saturated rings. The molecule has 26 heavy (non-hydrogen) atoms. The molecule has 3 aromatic rings. The lowest BCUT2D eigenvalue weighted by atomic mass is 10.1. The van der Waals surface area contributed by atoms with Gasteiger partial charge in [0.15, 0.2) is 0 Å². The third-order valence-electron chi connectivity index (χ3n) is 3.96. The summed E-state index contributed by atoms with van der Waals surface area (Å²) in [4.78, 5) is 21.3. The zero-order chi connectivity index (χ0) is 18.4. The number of hydrogen-bond acceptors (Lipinski definition) is 4. The van der Waals surface area contributed by atoms with Crippen LogP contribution in [0.25, 0.3) is 11.3 Å². The number of benzene rings is 2. The Morgan fingerprint density at radius 1 is 1.08 bits per heavy atom. The van der Waals surface area contributed by atoms with Crippen LogP contribution in [0.3, 0.4) is 0 Å². The largest absolute Gasteiger partial charge is 0.325 e. The smallest absolute Gasteiger partial charge is 0.237 e. The first-order valence-corrected chi connectivity index (χ1v) is 9.45. The Balaban J connectivity index is 1.71. The fraction of sp³-hybridized carbons (Fsp3) is 0.190. The molecule has 4 nitrogen and oxygen atoms in total. The minimum absolute atomic E-state index is 0.0128. The van der Waals surface area contributed by atoms with E-state index in [1.54, 1.807) is 6.33 Å². The van der Waals surface area contributed by atoms with Gasteiger partial charge in [-0.2, -0.15) is 0 Å². The van der Waals surface area contributed by atoms with Crippen molar-refractivity contribution in [3.8, 4) is 11.3 Å². The molecule has 3 rings (SSSR count). The van der Waals surface area contributed by atoms with Gasteiger partial charge < -0.3 is 5.32 Å². The third kappa shape index (κ3) is 4.70. The van der Waals surface area contributed by atoms with E-state index in [-0.39, 0.29) is 11.2 Å². The van der Waals surface area contributed by atoms with Crippen LogP contribution in [-0.2, 0) is 4.79 Å². The summed E-state index contributed by atoms with van der Waals surface area (Å²) in [6.45, 7) is 4.03. The van der Waals surface area contributed by atoms with Crippen LogP contribution in [0, 0.1) is 6.92 Å². The van der Waals surface area contributed by atoms with Crippen molar-refractivity contribution < 1.29 is 4.79 Å². The van der Waals surface area contributed by atoms with Crippen molar-refractivity contribution in [1.82, 2.24) is 9.97 Å². The first-order valence-electron chi connectivity index (χ1n) is 8.57. The summed E-state index contributed by atoms with van der Waals surface area (Å²) in [7, 11) is 0. The van der Waals surface area contributed by atoms with E-state index in [9.17, 15) is 4.79 Å². The normalized spacial score (nSPS) is 11.8. The highest BCUT2D eigenvalue weighted by molar-refractivity contribution is 8.00. The lowest BCUT2D eigenvalue weighted by molar-refractivity contribution is -0.115. The summed E-state index contributed by atoms with van der Waals surface area (Å²) in [6.07, 6.45) is 2.27. The molecule has 0 aliphatic carbocycles. The number of hydrogen-bond donors (Lipinski definition) is 1. The van der Waals surface area contributed by atoms with Gasteiger partial charge in [-0.05, 0) is 31.5 Å². The number of aryl methyl sites for hydroxylation is 1. The predicted molar refractivity (Wildman–Crippen MR) is 107 cm³/mol. The fourth-order valence-corrected chi connectivity index (χ4v) is 3.41. The number of anilines is 1. The molecular weight excluding hydrogens is 342 g/mol. The minimum Gasteiger partial charge on any atom is -0.325 e.